The summed E-state index contributed by atoms with van der Waals surface area (Å²) in [4.78, 5) is 15.8. The van der Waals surface area contributed by atoms with Gasteiger partial charge in [0.25, 0.3) is 0 Å². The Morgan fingerprint density at radius 1 is 1.47 bits per heavy atom. The summed E-state index contributed by atoms with van der Waals surface area (Å²) in [5.74, 6) is -0.331. The number of carbonyl (C=O) groups excluding carboxylic acids is 1. The van der Waals surface area contributed by atoms with E-state index in [0.29, 0.717) is 0 Å². The summed E-state index contributed by atoms with van der Waals surface area (Å²) in [6.45, 7) is 2.78. The minimum absolute atomic E-state index is 0.158. The molecule has 5 nitrogen and oxygen atoms in total. The number of nitrogens with zero attached hydrogens (tertiary/aromatic N) is 2. The van der Waals surface area contributed by atoms with E-state index in [-0.39, 0.29) is 5.82 Å². The first-order chi connectivity index (χ1) is 6.68. The third kappa shape index (κ3) is 1.94. The molecule has 0 aliphatic heterocycles. The predicted octanol–water partition coefficient (Wildman–Crippen LogP) is 0.426. The first-order valence-corrected chi connectivity index (χ1v) is 6.29. The number of Topliss-reactive ketones (excluding diaryl/α,β-unsaturated/α-hetero) is 1. The van der Waals surface area contributed by atoms with Crippen LogP contribution in [0.25, 0.3) is 0 Å². The molecule has 0 bridgehead atoms. The fourth-order valence-corrected chi connectivity index (χ4v) is 1.45. The van der Waals surface area contributed by atoms with Gasteiger partial charge in [-0.05, 0) is 13.8 Å². The number of aryl methyl sites for hydroxylation is 1. The predicted molar refractivity (Wildman–Crippen MR) is 56.5 cm³/mol. The van der Waals surface area contributed by atoms with Crippen molar-refractivity contribution in [3.05, 3.63) is 18.2 Å². The number of hydrogen-bond donors (Lipinski definition) is 0. The highest BCUT2D eigenvalue weighted by Gasteiger charge is 2.40. The highest BCUT2D eigenvalue weighted by atomic mass is 32.2. The Morgan fingerprint density at radius 3 is 2.33 bits per heavy atom. The molecule has 0 unspecified atom stereocenters. The third-order valence-corrected chi connectivity index (χ3v) is 4.54. The van der Waals surface area contributed by atoms with Crippen LogP contribution >= 0.6 is 0 Å². The van der Waals surface area contributed by atoms with Crippen LogP contribution in [0, 0.1) is 0 Å². The van der Waals surface area contributed by atoms with Crippen LogP contribution in [0.5, 0.6) is 0 Å². The standard InChI is InChI=1S/C9H14N2O3S/c1-9(2,15(4,13)14)7(12)8-10-5-6-11(8)3/h5-6H,1-4H3. The Kier molecular flexibility index (Phi) is 2.73. The fraction of sp³-hybridized carbons (Fsp3) is 0.556. The van der Waals surface area contributed by atoms with Crippen LogP contribution in [0.1, 0.15) is 24.5 Å². The highest BCUT2D eigenvalue weighted by molar-refractivity contribution is 7.92. The molecular weight excluding hydrogens is 216 g/mol. The third-order valence-electron chi connectivity index (χ3n) is 2.50. The maximum Gasteiger partial charge on any atom is 0.218 e. The molecule has 0 fully saturated rings. The lowest BCUT2D eigenvalue weighted by Gasteiger charge is -2.20. The Morgan fingerprint density at radius 2 is 2.00 bits per heavy atom. The van der Waals surface area contributed by atoms with E-state index in [1.165, 1.54) is 24.6 Å². The normalized spacial score (nSPS) is 12.8. The minimum Gasteiger partial charge on any atom is -0.332 e. The summed E-state index contributed by atoms with van der Waals surface area (Å²) in [6.07, 6.45) is 4.12. The molecule has 0 saturated carbocycles. The first-order valence-electron chi connectivity index (χ1n) is 4.39. The Balaban J connectivity index is 3.23. The maximum absolute atomic E-state index is 11.9. The van der Waals surface area contributed by atoms with Crippen molar-refractivity contribution in [1.82, 2.24) is 9.55 Å². The van der Waals surface area contributed by atoms with Crippen molar-refractivity contribution in [3.63, 3.8) is 0 Å². The minimum atomic E-state index is -3.45. The molecule has 1 aromatic heterocycles. The summed E-state index contributed by atoms with van der Waals surface area (Å²) in [5, 5.41) is 0. The highest BCUT2D eigenvalue weighted by Crippen LogP contribution is 2.20. The summed E-state index contributed by atoms with van der Waals surface area (Å²) in [7, 11) is -1.80. The van der Waals surface area contributed by atoms with Crippen molar-refractivity contribution < 1.29 is 13.2 Å². The lowest BCUT2D eigenvalue weighted by molar-refractivity contribution is 0.0940. The molecular formula is C9H14N2O3S. The monoisotopic (exact) mass is 230 g/mol. The van der Waals surface area contributed by atoms with Crippen LogP contribution < -0.4 is 0 Å². The van der Waals surface area contributed by atoms with Gasteiger partial charge in [0.2, 0.25) is 5.78 Å². The van der Waals surface area contributed by atoms with Gasteiger partial charge in [-0.25, -0.2) is 13.4 Å². The molecule has 0 radical (unpaired) electrons. The van der Waals surface area contributed by atoms with Crippen LogP contribution in [0.2, 0.25) is 0 Å². The van der Waals surface area contributed by atoms with E-state index in [9.17, 15) is 13.2 Å². The van der Waals surface area contributed by atoms with Gasteiger partial charge in [-0.3, -0.25) is 4.79 Å². The SMILES string of the molecule is Cn1ccnc1C(=O)C(C)(C)S(C)(=O)=O. The van der Waals surface area contributed by atoms with Gasteiger partial charge in [0.15, 0.2) is 15.7 Å². The number of imidazole rings is 1. The fourth-order valence-electron chi connectivity index (χ4n) is 1.02. The lowest BCUT2D eigenvalue weighted by atomic mass is 10.1. The quantitative estimate of drug-likeness (QED) is 0.706. The Bertz CT molecular complexity index is 485. The molecule has 1 aromatic rings. The molecule has 15 heavy (non-hydrogen) atoms. The smallest absolute Gasteiger partial charge is 0.218 e. The van der Waals surface area contributed by atoms with E-state index in [0.717, 1.165) is 6.26 Å². The average Bonchev–Trinajstić information content (AvgIpc) is 2.48. The maximum atomic E-state index is 11.9. The largest absolute Gasteiger partial charge is 0.332 e. The molecule has 0 atom stereocenters. The molecule has 0 spiro atoms. The number of aromatic nitrogens is 2. The zero-order valence-electron chi connectivity index (χ0n) is 9.18. The molecule has 1 rings (SSSR count). The van der Waals surface area contributed by atoms with Crippen molar-refractivity contribution in [2.45, 2.75) is 18.6 Å². The van der Waals surface area contributed by atoms with E-state index >= 15 is 0 Å². The van der Waals surface area contributed by atoms with Gasteiger partial charge in [0, 0.05) is 25.7 Å². The number of rotatable bonds is 3. The number of sulfone groups is 1. The zero-order valence-corrected chi connectivity index (χ0v) is 10.00. The average molecular weight is 230 g/mol. The molecule has 1 heterocycles. The molecule has 0 saturated heterocycles. The Labute approximate surface area is 89.0 Å². The summed E-state index contributed by atoms with van der Waals surface area (Å²) in [6, 6.07) is 0. The Hall–Kier alpha value is -1.17. The van der Waals surface area contributed by atoms with Gasteiger partial charge < -0.3 is 4.57 Å². The molecule has 0 aromatic carbocycles. The van der Waals surface area contributed by atoms with Crippen LogP contribution in [0.3, 0.4) is 0 Å². The van der Waals surface area contributed by atoms with E-state index in [2.05, 4.69) is 4.98 Å². The number of carbonyl (C=O) groups is 1. The van der Waals surface area contributed by atoms with Crippen LogP contribution in [0.15, 0.2) is 12.4 Å². The molecule has 84 valence electrons. The first kappa shape index (κ1) is 11.9. The van der Waals surface area contributed by atoms with Gasteiger partial charge >= 0.3 is 0 Å². The van der Waals surface area contributed by atoms with Crippen molar-refractivity contribution in [2.75, 3.05) is 6.26 Å². The second-order valence-electron chi connectivity index (χ2n) is 3.97. The van der Waals surface area contributed by atoms with E-state index in [1.807, 2.05) is 0 Å². The molecule has 0 amide bonds. The van der Waals surface area contributed by atoms with Crippen molar-refractivity contribution in [2.24, 2.45) is 7.05 Å². The summed E-state index contributed by atoms with van der Waals surface area (Å²) in [5.41, 5.74) is 0. The number of hydrogen-bond acceptors (Lipinski definition) is 4. The summed E-state index contributed by atoms with van der Waals surface area (Å²) < 4.78 is 23.0. The second kappa shape index (κ2) is 3.44. The van der Waals surface area contributed by atoms with Gasteiger partial charge in [-0.15, -0.1) is 0 Å². The van der Waals surface area contributed by atoms with Gasteiger partial charge in [-0.2, -0.15) is 0 Å². The van der Waals surface area contributed by atoms with Gasteiger partial charge in [0.1, 0.15) is 4.75 Å². The van der Waals surface area contributed by atoms with Crippen molar-refractivity contribution in [1.29, 1.82) is 0 Å². The molecule has 0 N–H and O–H groups in total. The van der Waals surface area contributed by atoms with Crippen LogP contribution in [-0.2, 0) is 16.9 Å². The zero-order chi connectivity index (χ0) is 11.9. The second-order valence-corrected chi connectivity index (χ2v) is 6.54. The lowest BCUT2D eigenvalue weighted by Crippen LogP contribution is -2.41. The van der Waals surface area contributed by atoms with Crippen molar-refractivity contribution in [3.8, 4) is 0 Å². The summed E-state index contributed by atoms with van der Waals surface area (Å²) >= 11 is 0. The molecule has 0 aliphatic rings. The van der Waals surface area contributed by atoms with Crippen LogP contribution in [-0.4, -0.2) is 34.8 Å². The van der Waals surface area contributed by atoms with Gasteiger partial charge in [-0.1, -0.05) is 0 Å². The van der Waals surface area contributed by atoms with E-state index in [4.69, 9.17) is 0 Å². The van der Waals surface area contributed by atoms with Crippen LogP contribution in [0.4, 0.5) is 0 Å². The van der Waals surface area contributed by atoms with E-state index in [1.54, 1.807) is 13.2 Å². The van der Waals surface area contributed by atoms with Crippen molar-refractivity contribution >= 4 is 15.6 Å². The molecule has 6 heteroatoms. The van der Waals surface area contributed by atoms with Gasteiger partial charge in [0.05, 0.1) is 0 Å². The van der Waals surface area contributed by atoms with E-state index < -0.39 is 20.4 Å². The molecule has 0 aliphatic carbocycles. The number of ketones is 1. The topological polar surface area (TPSA) is 69.0 Å².